The maximum absolute atomic E-state index is 11.9. The van der Waals surface area contributed by atoms with Crippen molar-refractivity contribution >= 4 is 45.9 Å². The normalized spacial score (nSPS) is 10.1. The van der Waals surface area contributed by atoms with E-state index in [4.69, 9.17) is 9.47 Å². The summed E-state index contributed by atoms with van der Waals surface area (Å²) in [7, 11) is 1.57. The minimum absolute atomic E-state index is 0.153. The van der Waals surface area contributed by atoms with Gasteiger partial charge in [0.25, 0.3) is 0 Å². The van der Waals surface area contributed by atoms with Gasteiger partial charge in [0.1, 0.15) is 5.75 Å². The Hall–Kier alpha value is -2.33. The average molecular weight is 368 g/mol. The summed E-state index contributed by atoms with van der Waals surface area (Å²) in [6.45, 7) is 2.09. The molecule has 1 heterocycles. The smallest absolute Gasteiger partial charge is 0.325 e. The number of benzene rings is 1. The van der Waals surface area contributed by atoms with Crippen molar-refractivity contribution in [3.05, 3.63) is 24.3 Å². The van der Waals surface area contributed by atoms with Crippen LogP contribution in [0.5, 0.6) is 5.75 Å². The number of aromatic nitrogens is 2. The number of carbonyl (C=O) groups is 2. The van der Waals surface area contributed by atoms with E-state index in [1.165, 1.54) is 23.1 Å². The van der Waals surface area contributed by atoms with Crippen molar-refractivity contribution in [3.63, 3.8) is 0 Å². The lowest BCUT2D eigenvalue weighted by atomic mass is 10.3. The van der Waals surface area contributed by atoms with Crippen LogP contribution < -0.4 is 15.4 Å². The van der Waals surface area contributed by atoms with Gasteiger partial charge in [0.2, 0.25) is 5.13 Å². The molecule has 0 unspecified atom stereocenters. The van der Waals surface area contributed by atoms with Crippen molar-refractivity contribution in [2.45, 2.75) is 11.3 Å². The summed E-state index contributed by atoms with van der Waals surface area (Å²) in [5, 5.41) is 13.3. The lowest BCUT2D eigenvalue weighted by molar-refractivity contribution is -0.139. The highest BCUT2D eigenvalue weighted by molar-refractivity contribution is 8.01. The fraction of sp³-hybridized carbons (Fsp3) is 0.286. The van der Waals surface area contributed by atoms with Crippen molar-refractivity contribution in [2.24, 2.45) is 0 Å². The highest BCUT2D eigenvalue weighted by Gasteiger charge is 2.11. The van der Waals surface area contributed by atoms with Crippen LogP contribution in [0.2, 0.25) is 0 Å². The second kappa shape index (κ2) is 9.08. The van der Waals surface area contributed by atoms with Crippen LogP contribution in [0.1, 0.15) is 6.92 Å². The van der Waals surface area contributed by atoms with Crippen molar-refractivity contribution in [2.75, 3.05) is 30.1 Å². The molecule has 0 fully saturated rings. The Labute approximate surface area is 146 Å². The van der Waals surface area contributed by atoms with E-state index in [-0.39, 0.29) is 11.7 Å². The van der Waals surface area contributed by atoms with E-state index in [1.54, 1.807) is 38.3 Å². The van der Waals surface area contributed by atoms with E-state index in [1.807, 2.05) is 0 Å². The first-order valence-corrected chi connectivity index (χ1v) is 8.75. The first kappa shape index (κ1) is 18.0. The molecule has 0 radical (unpaired) electrons. The van der Waals surface area contributed by atoms with Gasteiger partial charge >= 0.3 is 12.0 Å². The molecule has 0 atom stereocenters. The monoisotopic (exact) mass is 368 g/mol. The molecule has 8 nitrogen and oxygen atoms in total. The molecule has 24 heavy (non-hydrogen) atoms. The van der Waals surface area contributed by atoms with Crippen LogP contribution >= 0.6 is 23.1 Å². The Balaban J connectivity index is 1.82. The van der Waals surface area contributed by atoms with Gasteiger partial charge < -0.3 is 14.8 Å². The van der Waals surface area contributed by atoms with Gasteiger partial charge in [-0.05, 0) is 31.2 Å². The summed E-state index contributed by atoms with van der Waals surface area (Å²) in [6, 6.07) is 6.49. The molecule has 2 aromatic rings. The van der Waals surface area contributed by atoms with E-state index in [0.717, 1.165) is 0 Å². The molecule has 0 saturated carbocycles. The third kappa shape index (κ3) is 5.70. The SMILES string of the molecule is CCOC(=O)CSc1nnc(NC(=O)Nc2ccc(OC)cc2)s1. The lowest BCUT2D eigenvalue weighted by Gasteiger charge is -2.05. The highest BCUT2D eigenvalue weighted by atomic mass is 32.2. The van der Waals surface area contributed by atoms with Crippen LogP contribution in [-0.2, 0) is 9.53 Å². The largest absolute Gasteiger partial charge is 0.497 e. The number of nitrogens with one attached hydrogen (secondary N) is 2. The van der Waals surface area contributed by atoms with Gasteiger partial charge in [0.05, 0.1) is 19.5 Å². The third-order valence-electron chi connectivity index (χ3n) is 2.59. The first-order chi connectivity index (χ1) is 11.6. The van der Waals surface area contributed by atoms with E-state index in [0.29, 0.717) is 27.5 Å². The number of anilines is 2. The van der Waals surface area contributed by atoms with Gasteiger partial charge in [-0.3, -0.25) is 10.1 Å². The predicted molar refractivity (Wildman–Crippen MR) is 92.9 cm³/mol. The van der Waals surface area contributed by atoms with Crippen molar-refractivity contribution in [1.29, 1.82) is 0 Å². The first-order valence-electron chi connectivity index (χ1n) is 6.94. The average Bonchev–Trinajstić information content (AvgIpc) is 3.01. The molecule has 1 aromatic heterocycles. The Morgan fingerprint density at radius 2 is 1.96 bits per heavy atom. The Morgan fingerprint density at radius 1 is 1.21 bits per heavy atom. The zero-order valence-corrected chi connectivity index (χ0v) is 14.7. The number of ether oxygens (including phenoxy) is 2. The molecule has 0 aliphatic carbocycles. The number of methoxy groups -OCH3 is 1. The quantitative estimate of drug-likeness (QED) is 0.440. The summed E-state index contributed by atoms with van der Waals surface area (Å²) < 4.78 is 10.4. The number of hydrogen-bond acceptors (Lipinski definition) is 8. The van der Waals surface area contributed by atoms with E-state index >= 15 is 0 Å². The summed E-state index contributed by atoms with van der Waals surface area (Å²) in [4.78, 5) is 23.2. The van der Waals surface area contributed by atoms with Crippen LogP contribution in [0.25, 0.3) is 0 Å². The summed E-state index contributed by atoms with van der Waals surface area (Å²) in [5.41, 5.74) is 0.620. The molecule has 10 heteroatoms. The number of amides is 2. The molecule has 2 amide bonds. The molecule has 0 aliphatic rings. The number of carbonyl (C=O) groups excluding carboxylic acids is 2. The van der Waals surface area contributed by atoms with Crippen LogP contribution in [0.4, 0.5) is 15.6 Å². The lowest BCUT2D eigenvalue weighted by Crippen LogP contribution is -2.19. The van der Waals surface area contributed by atoms with Gasteiger partial charge in [0, 0.05) is 5.69 Å². The van der Waals surface area contributed by atoms with Crippen molar-refractivity contribution in [3.8, 4) is 5.75 Å². The molecule has 0 spiro atoms. The van der Waals surface area contributed by atoms with Gasteiger partial charge in [-0.1, -0.05) is 23.1 Å². The number of hydrogen-bond donors (Lipinski definition) is 2. The summed E-state index contributed by atoms with van der Waals surface area (Å²) in [6.07, 6.45) is 0. The molecular weight excluding hydrogens is 352 g/mol. The zero-order valence-electron chi connectivity index (χ0n) is 13.1. The Bertz CT molecular complexity index is 690. The Kier molecular flexibility index (Phi) is 6.82. The number of thioether (sulfide) groups is 1. The van der Waals surface area contributed by atoms with Gasteiger partial charge in [-0.25, -0.2) is 4.79 Å². The molecular formula is C14H16N4O4S2. The highest BCUT2D eigenvalue weighted by Crippen LogP contribution is 2.25. The van der Waals surface area contributed by atoms with Crippen LogP contribution in [0.3, 0.4) is 0 Å². The van der Waals surface area contributed by atoms with E-state index in [9.17, 15) is 9.59 Å². The second-order valence-corrected chi connectivity index (χ2v) is 6.47. The van der Waals surface area contributed by atoms with Gasteiger partial charge in [-0.2, -0.15) is 0 Å². The molecule has 2 N–H and O–H groups in total. The van der Waals surface area contributed by atoms with Crippen molar-refractivity contribution < 1.29 is 19.1 Å². The molecule has 0 bridgehead atoms. The number of esters is 1. The van der Waals surface area contributed by atoms with Crippen LogP contribution in [-0.4, -0.2) is 41.7 Å². The zero-order chi connectivity index (χ0) is 17.4. The molecule has 2 rings (SSSR count). The summed E-state index contributed by atoms with van der Waals surface area (Å²) in [5.74, 6) is 0.540. The number of rotatable bonds is 7. The van der Waals surface area contributed by atoms with Gasteiger partial charge in [0.15, 0.2) is 4.34 Å². The number of urea groups is 1. The minimum Gasteiger partial charge on any atom is -0.497 e. The predicted octanol–water partition coefficient (Wildman–Crippen LogP) is 2.85. The van der Waals surface area contributed by atoms with Crippen molar-refractivity contribution in [1.82, 2.24) is 10.2 Å². The maximum Gasteiger partial charge on any atom is 0.325 e. The second-order valence-electron chi connectivity index (χ2n) is 4.27. The Morgan fingerprint density at radius 3 is 2.62 bits per heavy atom. The molecule has 1 aromatic carbocycles. The molecule has 128 valence electrons. The molecule has 0 saturated heterocycles. The third-order valence-corrected chi connectivity index (χ3v) is 4.54. The summed E-state index contributed by atoms with van der Waals surface area (Å²) >= 11 is 2.39. The minimum atomic E-state index is -0.432. The molecule has 0 aliphatic heterocycles. The van der Waals surface area contributed by atoms with E-state index in [2.05, 4.69) is 20.8 Å². The van der Waals surface area contributed by atoms with Gasteiger partial charge in [-0.15, -0.1) is 10.2 Å². The fourth-order valence-corrected chi connectivity index (χ4v) is 3.12. The maximum atomic E-state index is 11.9. The number of nitrogens with zero attached hydrogens (tertiary/aromatic N) is 2. The van der Waals surface area contributed by atoms with E-state index < -0.39 is 6.03 Å². The van der Waals surface area contributed by atoms with Crippen LogP contribution in [0.15, 0.2) is 28.6 Å². The standard InChI is InChI=1S/C14H16N4O4S2/c1-3-22-11(19)8-23-14-18-17-13(24-14)16-12(20)15-9-4-6-10(21-2)7-5-9/h4-7H,3,8H2,1-2H3,(H2,15,16,17,20). The topological polar surface area (TPSA) is 102 Å². The fourth-order valence-electron chi connectivity index (χ4n) is 1.58. The van der Waals surface area contributed by atoms with Crippen LogP contribution in [0, 0.1) is 0 Å².